The first kappa shape index (κ1) is 18.3. The molecule has 7 heteroatoms. The molecule has 7 nitrogen and oxygen atoms in total. The first-order valence-electron chi connectivity index (χ1n) is 9.63. The second-order valence-electron chi connectivity index (χ2n) is 7.10. The lowest BCUT2D eigenvalue weighted by atomic mass is 9.97. The molecule has 0 atom stereocenters. The Labute approximate surface area is 162 Å². The SMILES string of the molecule is COc1ccc2c(ccn2CCNC(=O)Cn2nc3c(cc2=O)CCCC3)c1. The summed E-state index contributed by atoms with van der Waals surface area (Å²) in [6.45, 7) is 1.08. The lowest BCUT2D eigenvalue weighted by Gasteiger charge is -2.15. The van der Waals surface area contributed by atoms with Gasteiger partial charge < -0.3 is 14.6 Å². The number of nitrogens with zero attached hydrogens (tertiary/aromatic N) is 3. The number of aromatic nitrogens is 3. The zero-order valence-corrected chi connectivity index (χ0v) is 16.0. The Morgan fingerprint density at radius 2 is 2.07 bits per heavy atom. The van der Waals surface area contributed by atoms with Crippen molar-refractivity contribution in [1.82, 2.24) is 19.7 Å². The minimum atomic E-state index is -0.207. The maximum atomic E-state index is 12.3. The van der Waals surface area contributed by atoms with Crippen LogP contribution in [0.4, 0.5) is 0 Å². The fraction of sp³-hybridized carbons (Fsp3) is 0.381. The van der Waals surface area contributed by atoms with Gasteiger partial charge in [0.25, 0.3) is 5.56 Å². The molecule has 0 saturated heterocycles. The third-order valence-corrected chi connectivity index (χ3v) is 5.22. The molecule has 146 valence electrons. The van der Waals surface area contributed by atoms with Crippen LogP contribution in [0, 0.1) is 0 Å². The number of carbonyl (C=O) groups excluding carboxylic acids is 1. The van der Waals surface area contributed by atoms with Gasteiger partial charge in [0, 0.05) is 36.3 Å². The van der Waals surface area contributed by atoms with Crippen LogP contribution in [0.25, 0.3) is 10.9 Å². The molecule has 0 saturated carbocycles. The molecule has 0 radical (unpaired) electrons. The molecule has 1 aliphatic rings. The average Bonchev–Trinajstić information content (AvgIpc) is 3.10. The highest BCUT2D eigenvalue weighted by molar-refractivity contribution is 5.81. The van der Waals surface area contributed by atoms with Crippen LogP contribution in [0.1, 0.15) is 24.1 Å². The Kier molecular flexibility index (Phi) is 5.14. The van der Waals surface area contributed by atoms with Gasteiger partial charge in [-0.1, -0.05) is 0 Å². The molecular formula is C21H24N4O3. The summed E-state index contributed by atoms with van der Waals surface area (Å²) >= 11 is 0. The zero-order valence-electron chi connectivity index (χ0n) is 16.0. The minimum Gasteiger partial charge on any atom is -0.497 e. The highest BCUT2D eigenvalue weighted by Gasteiger charge is 2.14. The molecule has 0 unspecified atom stereocenters. The van der Waals surface area contributed by atoms with E-state index in [1.54, 1.807) is 13.2 Å². The molecule has 0 fully saturated rings. The Balaban J connectivity index is 1.36. The van der Waals surface area contributed by atoms with Crippen molar-refractivity contribution in [3.63, 3.8) is 0 Å². The molecule has 0 spiro atoms. The van der Waals surface area contributed by atoms with Crippen molar-refractivity contribution in [3.05, 3.63) is 58.1 Å². The van der Waals surface area contributed by atoms with E-state index in [2.05, 4.69) is 15.0 Å². The van der Waals surface area contributed by atoms with Gasteiger partial charge in [0.15, 0.2) is 0 Å². The second-order valence-corrected chi connectivity index (χ2v) is 7.10. The molecule has 28 heavy (non-hydrogen) atoms. The van der Waals surface area contributed by atoms with Gasteiger partial charge in [0.2, 0.25) is 5.91 Å². The number of hydrogen-bond donors (Lipinski definition) is 1. The smallest absolute Gasteiger partial charge is 0.267 e. The van der Waals surface area contributed by atoms with Gasteiger partial charge in [0.1, 0.15) is 12.3 Å². The molecule has 0 bridgehead atoms. The molecule has 2 aromatic heterocycles. The van der Waals surface area contributed by atoms with Gasteiger partial charge in [-0.25, -0.2) is 4.68 Å². The van der Waals surface area contributed by atoms with Crippen LogP contribution in [0.3, 0.4) is 0 Å². The minimum absolute atomic E-state index is 0.0459. The lowest BCUT2D eigenvalue weighted by Crippen LogP contribution is -2.36. The van der Waals surface area contributed by atoms with Crippen LogP contribution in [0.5, 0.6) is 5.75 Å². The van der Waals surface area contributed by atoms with E-state index in [1.807, 2.05) is 30.5 Å². The number of carbonyl (C=O) groups is 1. The molecule has 0 aliphatic heterocycles. The lowest BCUT2D eigenvalue weighted by molar-refractivity contribution is -0.121. The third kappa shape index (κ3) is 3.78. The number of benzene rings is 1. The highest BCUT2D eigenvalue weighted by atomic mass is 16.5. The molecule has 3 aromatic rings. The quantitative estimate of drug-likeness (QED) is 0.709. The zero-order chi connectivity index (χ0) is 19.5. The molecular weight excluding hydrogens is 356 g/mol. The van der Waals surface area contributed by atoms with Crippen LogP contribution in [-0.4, -0.2) is 33.9 Å². The van der Waals surface area contributed by atoms with Crippen molar-refractivity contribution in [2.45, 2.75) is 38.8 Å². The standard InChI is InChI=1S/C21H24N4O3/c1-28-17-6-7-19-16(12-17)8-10-24(19)11-9-22-20(26)14-25-21(27)13-15-4-2-3-5-18(15)23-25/h6-8,10,12-13H,2-5,9,11,14H2,1H3,(H,22,26). The first-order valence-corrected chi connectivity index (χ1v) is 9.63. The average molecular weight is 380 g/mol. The van der Waals surface area contributed by atoms with Crippen molar-refractivity contribution in [3.8, 4) is 5.75 Å². The predicted octanol–water partition coefficient (Wildman–Crippen LogP) is 1.90. The van der Waals surface area contributed by atoms with Crippen LogP contribution in [-0.2, 0) is 30.7 Å². The second kappa shape index (κ2) is 7.88. The summed E-state index contributed by atoms with van der Waals surface area (Å²) in [7, 11) is 1.65. The number of methoxy groups -OCH3 is 1. The van der Waals surface area contributed by atoms with Crippen molar-refractivity contribution in [1.29, 1.82) is 0 Å². The van der Waals surface area contributed by atoms with E-state index in [-0.39, 0.29) is 18.0 Å². The van der Waals surface area contributed by atoms with E-state index >= 15 is 0 Å². The number of aryl methyl sites for hydroxylation is 2. The number of hydrogen-bond acceptors (Lipinski definition) is 4. The summed E-state index contributed by atoms with van der Waals surface area (Å²) < 4.78 is 8.60. The van der Waals surface area contributed by atoms with Gasteiger partial charge >= 0.3 is 0 Å². The normalized spacial score (nSPS) is 13.3. The van der Waals surface area contributed by atoms with E-state index in [0.717, 1.165) is 53.6 Å². The molecule has 2 heterocycles. The number of rotatable bonds is 6. The monoisotopic (exact) mass is 380 g/mol. The van der Waals surface area contributed by atoms with Crippen molar-refractivity contribution >= 4 is 16.8 Å². The van der Waals surface area contributed by atoms with Gasteiger partial charge in [-0.15, -0.1) is 0 Å². The Hall–Kier alpha value is -3.09. The van der Waals surface area contributed by atoms with E-state index in [4.69, 9.17) is 4.74 Å². The number of ether oxygens (including phenoxy) is 1. The molecule has 4 rings (SSSR count). The molecule has 1 amide bonds. The molecule has 1 aromatic carbocycles. The van der Waals surface area contributed by atoms with E-state index in [1.165, 1.54) is 4.68 Å². The van der Waals surface area contributed by atoms with Crippen LogP contribution < -0.4 is 15.6 Å². The molecule has 1 N–H and O–H groups in total. The van der Waals surface area contributed by atoms with E-state index < -0.39 is 0 Å². The number of amides is 1. The Morgan fingerprint density at radius 3 is 2.93 bits per heavy atom. The van der Waals surface area contributed by atoms with Crippen LogP contribution >= 0.6 is 0 Å². The van der Waals surface area contributed by atoms with Gasteiger partial charge in [0.05, 0.1) is 12.8 Å². The fourth-order valence-corrected chi connectivity index (χ4v) is 3.72. The van der Waals surface area contributed by atoms with Gasteiger partial charge in [-0.2, -0.15) is 5.10 Å². The summed E-state index contributed by atoms with van der Waals surface area (Å²) in [4.78, 5) is 24.5. The van der Waals surface area contributed by atoms with Crippen LogP contribution in [0.15, 0.2) is 41.3 Å². The first-order chi connectivity index (χ1) is 13.6. The van der Waals surface area contributed by atoms with E-state index in [9.17, 15) is 9.59 Å². The van der Waals surface area contributed by atoms with Crippen molar-refractivity contribution in [2.75, 3.05) is 13.7 Å². The summed E-state index contributed by atoms with van der Waals surface area (Å²) in [6, 6.07) is 9.57. The summed E-state index contributed by atoms with van der Waals surface area (Å²) in [5.74, 6) is 0.616. The summed E-state index contributed by atoms with van der Waals surface area (Å²) in [5.41, 5.74) is 2.86. The topological polar surface area (TPSA) is 78.2 Å². The summed E-state index contributed by atoms with van der Waals surface area (Å²) in [5, 5.41) is 8.37. The predicted molar refractivity (Wildman–Crippen MR) is 107 cm³/mol. The van der Waals surface area contributed by atoms with Crippen molar-refractivity contribution < 1.29 is 9.53 Å². The summed E-state index contributed by atoms with van der Waals surface area (Å²) in [6.07, 6.45) is 5.95. The Bertz CT molecular complexity index is 1070. The van der Waals surface area contributed by atoms with Crippen molar-refractivity contribution in [2.24, 2.45) is 0 Å². The largest absolute Gasteiger partial charge is 0.497 e. The fourth-order valence-electron chi connectivity index (χ4n) is 3.72. The molecule has 1 aliphatic carbocycles. The van der Waals surface area contributed by atoms with Gasteiger partial charge in [-0.3, -0.25) is 9.59 Å². The maximum Gasteiger partial charge on any atom is 0.267 e. The Morgan fingerprint density at radius 1 is 1.21 bits per heavy atom. The van der Waals surface area contributed by atoms with Crippen LogP contribution in [0.2, 0.25) is 0 Å². The van der Waals surface area contributed by atoms with E-state index in [0.29, 0.717) is 13.1 Å². The third-order valence-electron chi connectivity index (χ3n) is 5.22. The number of fused-ring (bicyclic) bond motifs is 2. The maximum absolute atomic E-state index is 12.3. The number of nitrogens with one attached hydrogen (secondary N) is 1. The van der Waals surface area contributed by atoms with Gasteiger partial charge in [-0.05, 0) is 55.5 Å². The highest BCUT2D eigenvalue weighted by Crippen LogP contribution is 2.21.